The number of nitrogens with zero attached hydrogens (tertiary/aromatic N) is 4. The van der Waals surface area contributed by atoms with E-state index in [1.54, 1.807) is 0 Å². The Hall–Kier alpha value is -4.41. The summed E-state index contributed by atoms with van der Waals surface area (Å²) in [7, 11) is 10.4. The molecule has 0 fully saturated rings. The lowest BCUT2D eigenvalue weighted by Crippen LogP contribution is -2.45. The molecule has 11 nitrogen and oxygen atoms in total. The number of carbonyl (C=O) groups is 2. The van der Waals surface area contributed by atoms with Gasteiger partial charge in [-0.2, -0.15) is 0 Å². The fourth-order valence-electron chi connectivity index (χ4n) is 7.09. The summed E-state index contributed by atoms with van der Waals surface area (Å²) in [6.45, 7) is -0.327. The maximum absolute atomic E-state index is 12.7. The number of halogens is 2. The van der Waals surface area contributed by atoms with Crippen molar-refractivity contribution in [3.05, 3.63) is 113 Å². The Morgan fingerprint density at radius 3 is 1.47 bits per heavy atom. The van der Waals surface area contributed by atoms with E-state index in [9.17, 15) is 24.8 Å². The highest BCUT2D eigenvalue weighted by molar-refractivity contribution is 7.95. The SMILES string of the molecule is CN(C)c1ccc([P+](CCCCCCCCCC(=O)OC[C@H](NC(=O)C(Cl)Cl)[C@H](O)c2ccc([N+](=O)[O-])cc2)(c2ccc(N(C)C)cc2)c2ccc(N(C)C)cc2)cc1. The number of nitrogens with one attached hydrogen (secondary N) is 1. The molecular formula is C45H59Cl2N5O6P+. The molecule has 318 valence electrons. The second-order valence-electron chi connectivity index (χ2n) is 15.4. The summed E-state index contributed by atoms with van der Waals surface area (Å²) in [5.74, 6) is -1.22. The number of amides is 1. The lowest BCUT2D eigenvalue weighted by atomic mass is 10.0. The van der Waals surface area contributed by atoms with E-state index >= 15 is 0 Å². The van der Waals surface area contributed by atoms with Crippen molar-refractivity contribution < 1.29 is 24.4 Å². The van der Waals surface area contributed by atoms with E-state index in [0.717, 1.165) is 44.7 Å². The van der Waals surface area contributed by atoms with Crippen LogP contribution in [0, 0.1) is 10.1 Å². The maximum Gasteiger partial charge on any atom is 0.305 e. The molecule has 0 aliphatic rings. The van der Waals surface area contributed by atoms with E-state index in [1.807, 2.05) is 0 Å². The molecule has 0 saturated heterocycles. The van der Waals surface area contributed by atoms with Gasteiger partial charge in [-0.15, -0.1) is 0 Å². The number of non-ortho nitro benzene ring substituents is 1. The smallest absolute Gasteiger partial charge is 0.305 e. The molecule has 1 amide bonds. The molecular weight excluding hydrogens is 808 g/mol. The van der Waals surface area contributed by atoms with Gasteiger partial charge in [-0.3, -0.25) is 19.7 Å². The highest BCUT2D eigenvalue weighted by atomic mass is 35.5. The topological polar surface area (TPSA) is 128 Å². The number of hydrogen-bond donors (Lipinski definition) is 2. The van der Waals surface area contributed by atoms with E-state index in [4.69, 9.17) is 27.9 Å². The Morgan fingerprint density at radius 1 is 0.678 bits per heavy atom. The van der Waals surface area contributed by atoms with Crippen molar-refractivity contribution >= 4 is 81.0 Å². The van der Waals surface area contributed by atoms with Crippen LogP contribution >= 0.6 is 30.5 Å². The van der Waals surface area contributed by atoms with Crippen LogP contribution in [0.15, 0.2) is 97.1 Å². The van der Waals surface area contributed by atoms with Gasteiger partial charge < -0.3 is 29.9 Å². The number of alkyl halides is 2. The van der Waals surface area contributed by atoms with E-state index in [1.165, 1.54) is 57.2 Å². The van der Waals surface area contributed by atoms with Crippen molar-refractivity contribution in [2.75, 3.05) is 69.8 Å². The predicted molar refractivity (Wildman–Crippen MR) is 246 cm³/mol. The van der Waals surface area contributed by atoms with Crippen LogP contribution in [0.1, 0.15) is 63.0 Å². The zero-order valence-corrected chi connectivity index (χ0v) is 37.4. The summed E-state index contributed by atoms with van der Waals surface area (Å²) < 4.78 is 5.43. The third kappa shape index (κ3) is 13.3. The Kier molecular flexibility index (Phi) is 18.3. The summed E-state index contributed by atoms with van der Waals surface area (Å²) in [6, 6.07) is 31.6. The van der Waals surface area contributed by atoms with Crippen molar-refractivity contribution in [1.29, 1.82) is 0 Å². The predicted octanol–water partition coefficient (Wildman–Crippen LogP) is 7.77. The van der Waals surface area contributed by atoms with Crippen LogP contribution in [0.5, 0.6) is 0 Å². The Morgan fingerprint density at radius 2 is 1.08 bits per heavy atom. The first kappa shape index (κ1) is 47.3. The highest BCUT2D eigenvalue weighted by Crippen LogP contribution is 2.56. The molecule has 2 atom stereocenters. The molecule has 59 heavy (non-hydrogen) atoms. The largest absolute Gasteiger partial charge is 0.463 e. The number of aliphatic hydroxyl groups excluding tert-OH is 1. The van der Waals surface area contributed by atoms with Crippen LogP contribution < -0.4 is 35.9 Å². The third-order valence-electron chi connectivity index (χ3n) is 10.6. The molecule has 0 unspecified atom stereocenters. The Balaban J connectivity index is 1.34. The molecule has 0 spiro atoms. The van der Waals surface area contributed by atoms with Gasteiger partial charge in [0.05, 0.1) is 17.1 Å². The molecule has 4 aromatic carbocycles. The number of nitro benzene ring substituents is 1. The van der Waals surface area contributed by atoms with Crippen LogP contribution in [0.2, 0.25) is 0 Å². The Bertz CT molecular complexity index is 1800. The number of unbranched alkanes of at least 4 members (excludes halogenated alkanes) is 6. The molecule has 0 radical (unpaired) electrons. The minimum Gasteiger partial charge on any atom is -0.463 e. The molecule has 2 N–H and O–H groups in total. The summed E-state index contributed by atoms with van der Waals surface area (Å²) in [5.41, 5.74) is 3.67. The summed E-state index contributed by atoms with van der Waals surface area (Å²) in [6.07, 6.45) is 6.75. The number of aliphatic hydroxyl groups is 1. The number of ether oxygens (including phenoxy) is 1. The lowest BCUT2D eigenvalue weighted by molar-refractivity contribution is -0.384. The number of hydrogen-bond acceptors (Lipinski definition) is 9. The summed E-state index contributed by atoms with van der Waals surface area (Å²) in [5, 5.41) is 28.6. The third-order valence-corrected chi connectivity index (χ3v) is 15.5. The van der Waals surface area contributed by atoms with Gasteiger partial charge in [-0.05, 0) is 110 Å². The number of carbonyl (C=O) groups excluding carboxylic acids is 2. The fraction of sp³-hybridized carbons (Fsp3) is 0.422. The van der Waals surface area contributed by atoms with Gasteiger partial charge in [0.1, 0.15) is 35.9 Å². The van der Waals surface area contributed by atoms with Gasteiger partial charge >= 0.3 is 5.97 Å². The van der Waals surface area contributed by atoms with Crippen molar-refractivity contribution in [2.45, 2.75) is 68.3 Å². The zero-order valence-electron chi connectivity index (χ0n) is 35.0. The first-order valence-corrected chi connectivity index (χ1v) is 22.9. The van der Waals surface area contributed by atoms with Gasteiger partial charge in [0.15, 0.2) is 4.84 Å². The van der Waals surface area contributed by atoms with Crippen LogP contribution in [0.25, 0.3) is 0 Å². The van der Waals surface area contributed by atoms with Crippen molar-refractivity contribution in [3.8, 4) is 0 Å². The van der Waals surface area contributed by atoms with Gasteiger partial charge in [0, 0.05) is 77.9 Å². The van der Waals surface area contributed by atoms with Gasteiger partial charge in [-0.25, -0.2) is 0 Å². The molecule has 0 aliphatic carbocycles. The zero-order chi connectivity index (χ0) is 43.1. The standard InChI is InChI=1S/C45H58Cl2N5O6P/c1-49(2)34-19-25-38(26-20-34)59(39-27-21-35(22-28-39)50(3)4,40-29-23-36(24-30-40)51(5)6)31-13-11-9-7-8-10-12-14-42(53)58-32-41(48-45(55)44(46)47)43(54)33-15-17-37(18-16-33)52(56)57/h15-30,41,43-44,54H,7-14,31-32H2,1-6H3/p+1/t41-,43+/m0/s1. The normalized spacial score (nSPS) is 12.4. The quantitative estimate of drug-likeness (QED) is 0.0192. The van der Waals surface area contributed by atoms with Gasteiger partial charge in [0.25, 0.3) is 11.6 Å². The van der Waals surface area contributed by atoms with Crippen molar-refractivity contribution in [2.24, 2.45) is 0 Å². The van der Waals surface area contributed by atoms with E-state index in [2.05, 4.69) is 135 Å². The lowest BCUT2D eigenvalue weighted by Gasteiger charge is -2.29. The second kappa shape index (κ2) is 22.8. The van der Waals surface area contributed by atoms with Gasteiger partial charge in [-0.1, -0.05) is 48.9 Å². The second-order valence-corrected chi connectivity index (χ2v) is 20.1. The number of anilines is 3. The molecule has 14 heteroatoms. The first-order chi connectivity index (χ1) is 28.1. The highest BCUT2D eigenvalue weighted by Gasteiger charge is 2.45. The molecule has 0 aromatic heterocycles. The first-order valence-electron chi connectivity index (χ1n) is 20.0. The van der Waals surface area contributed by atoms with Crippen LogP contribution in [-0.2, 0) is 14.3 Å². The molecule has 4 aromatic rings. The van der Waals surface area contributed by atoms with Crippen LogP contribution in [0.4, 0.5) is 22.7 Å². The molecule has 0 bridgehead atoms. The molecule has 0 heterocycles. The fourth-order valence-corrected chi connectivity index (χ4v) is 11.6. The molecule has 4 rings (SSSR count). The summed E-state index contributed by atoms with van der Waals surface area (Å²) in [4.78, 5) is 40.4. The molecule has 0 aliphatic heterocycles. The van der Waals surface area contributed by atoms with Crippen LogP contribution in [-0.4, -0.2) is 87.8 Å². The molecule has 0 saturated carbocycles. The minimum atomic E-state index is -2.02. The number of benzene rings is 4. The van der Waals surface area contributed by atoms with Gasteiger partial charge in [0.2, 0.25) is 0 Å². The number of rotatable bonds is 23. The average Bonchev–Trinajstić information content (AvgIpc) is 3.23. The number of esters is 1. The monoisotopic (exact) mass is 866 g/mol. The minimum absolute atomic E-state index is 0.149. The van der Waals surface area contributed by atoms with Crippen LogP contribution in [0.3, 0.4) is 0 Å². The van der Waals surface area contributed by atoms with Crippen molar-refractivity contribution in [3.63, 3.8) is 0 Å². The number of nitro groups is 1. The summed E-state index contributed by atoms with van der Waals surface area (Å²) >= 11 is 11.4. The Labute approximate surface area is 360 Å². The van der Waals surface area contributed by atoms with E-state index in [-0.39, 0.29) is 18.7 Å². The maximum atomic E-state index is 12.7. The van der Waals surface area contributed by atoms with Crippen molar-refractivity contribution in [1.82, 2.24) is 5.32 Å². The van der Waals surface area contributed by atoms with E-state index < -0.39 is 41.0 Å². The average molecular weight is 868 g/mol. The van der Waals surface area contributed by atoms with E-state index in [0.29, 0.717) is 12.0 Å².